The average Bonchev–Trinajstić information content (AvgIpc) is 3.19. The minimum atomic E-state index is -3.14. The number of ether oxygens (including phenoxy) is 1. The molecule has 13 heteroatoms. The zero-order valence-corrected chi connectivity index (χ0v) is 16.4. The molecule has 0 saturated carbocycles. The lowest BCUT2D eigenvalue weighted by Crippen LogP contribution is -2.46. The minimum absolute atomic E-state index is 0.130. The van der Waals surface area contributed by atoms with Crippen molar-refractivity contribution < 1.29 is 33.5 Å². The van der Waals surface area contributed by atoms with Crippen LogP contribution in [-0.2, 0) is 20.4 Å². The van der Waals surface area contributed by atoms with Crippen molar-refractivity contribution in [3.63, 3.8) is 0 Å². The van der Waals surface area contributed by atoms with Gasteiger partial charge in [-0.1, -0.05) is 35.3 Å². The first-order chi connectivity index (χ1) is 14.3. The van der Waals surface area contributed by atoms with E-state index in [-0.39, 0.29) is 17.1 Å². The fourth-order valence-electron chi connectivity index (χ4n) is 3.49. The molecule has 0 bridgehead atoms. The number of aromatic amines is 1. The van der Waals surface area contributed by atoms with Gasteiger partial charge in [0.1, 0.15) is 24.9 Å². The second-order valence-electron chi connectivity index (χ2n) is 6.83. The van der Waals surface area contributed by atoms with Crippen LogP contribution in [0.5, 0.6) is 0 Å². The van der Waals surface area contributed by atoms with Gasteiger partial charge in [-0.2, -0.15) is 0 Å². The minimum Gasteiger partial charge on any atom is -0.566 e. The Morgan fingerprint density at radius 2 is 2.07 bits per heavy atom. The Bertz CT molecular complexity index is 1130. The molecule has 5 atom stereocenters. The first-order valence-corrected chi connectivity index (χ1v) is 10.1. The Labute approximate surface area is 170 Å². The lowest BCUT2D eigenvalue weighted by Gasteiger charge is -2.12. The summed E-state index contributed by atoms with van der Waals surface area (Å²) in [6.07, 6.45) is -3.56. The van der Waals surface area contributed by atoms with Gasteiger partial charge in [0.2, 0.25) is 11.7 Å². The molecule has 4 rings (SSSR count). The van der Waals surface area contributed by atoms with Gasteiger partial charge in [0.15, 0.2) is 6.33 Å². The predicted octanol–water partition coefficient (Wildman–Crippen LogP) is -1.70. The van der Waals surface area contributed by atoms with Gasteiger partial charge in [0, 0.05) is 0 Å². The van der Waals surface area contributed by atoms with Crippen LogP contribution in [0.2, 0.25) is 0 Å². The molecule has 3 aromatic rings. The largest absolute Gasteiger partial charge is 0.566 e. The summed E-state index contributed by atoms with van der Waals surface area (Å²) in [4.78, 5) is 29.9. The number of fused-ring (bicyclic) bond motifs is 1. The summed E-state index contributed by atoms with van der Waals surface area (Å²) < 4.78 is 23.8. The monoisotopic (exact) mass is 436 g/mol. The summed E-state index contributed by atoms with van der Waals surface area (Å²) in [6.45, 7) is -0.139. The molecule has 1 aromatic carbocycles. The number of rotatable bonds is 6. The van der Waals surface area contributed by atoms with Crippen molar-refractivity contribution in [1.29, 1.82) is 0 Å². The molecule has 1 aliphatic heterocycles. The maximum atomic E-state index is 12.6. The van der Waals surface area contributed by atoms with E-state index in [1.807, 2.05) is 30.3 Å². The molecular formula is C17H19N5O7P+. The van der Waals surface area contributed by atoms with E-state index in [1.165, 1.54) is 10.9 Å². The van der Waals surface area contributed by atoms with Gasteiger partial charge in [0.05, 0.1) is 6.54 Å². The van der Waals surface area contributed by atoms with E-state index in [0.29, 0.717) is 6.54 Å². The Morgan fingerprint density at radius 1 is 1.33 bits per heavy atom. The zero-order valence-electron chi connectivity index (χ0n) is 15.5. The summed E-state index contributed by atoms with van der Waals surface area (Å²) in [7, 11) is -3.14. The van der Waals surface area contributed by atoms with Crippen molar-refractivity contribution in [2.45, 2.75) is 31.1 Å². The summed E-state index contributed by atoms with van der Waals surface area (Å²) >= 11 is 0. The number of aliphatic hydroxyl groups excluding tert-OH is 2. The SMILES string of the molecule is Nc1nc2c(c(=O)[nH]1)n(Cc1ccccc1)c[n+]2[C@@H]1O[C@H](CO[P+](=O)[O-])[C@@H](O)[C@H]1O. The maximum absolute atomic E-state index is 12.6. The number of nitrogen functional groups attached to an aromatic ring is 1. The lowest BCUT2D eigenvalue weighted by atomic mass is 10.1. The number of aromatic nitrogens is 4. The molecule has 1 unspecified atom stereocenters. The second kappa shape index (κ2) is 8.19. The van der Waals surface area contributed by atoms with Crippen molar-refractivity contribution in [2.24, 2.45) is 0 Å². The van der Waals surface area contributed by atoms with Crippen LogP contribution in [0.3, 0.4) is 0 Å². The van der Waals surface area contributed by atoms with Crippen LogP contribution in [0.1, 0.15) is 11.8 Å². The van der Waals surface area contributed by atoms with E-state index in [4.69, 9.17) is 10.5 Å². The number of H-pyrrole nitrogens is 1. The third kappa shape index (κ3) is 3.84. The van der Waals surface area contributed by atoms with Crippen LogP contribution >= 0.6 is 8.25 Å². The van der Waals surface area contributed by atoms with Gasteiger partial charge in [-0.15, -0.1) is 4.52 Å². The molecule has 1 aliphatic rings. The third-order valence-corrected chi connectivity index (χ3v) is 5.20. The quantitative estimate of drug-likeness (QED) is 0.259. The van der Waals surface area contributed by atoms with E-state index in [1.54, 1.807) is 4.57 Å². The van der Waals surface area contributed by atoms with Crippen molar-refractivity contribution >= 4 is 25.4 Å². The number of benzene rings is 1. The van der Waals surface area contributed by atoms with Crippen molar-refractivity contribution in [3.8, 4) is 0 Å². The average molecular weight is 436 g/mol. The number of nitrogens with two attached hydrogens (primary N) is 1. The summed E-state index contributed by atoms with van der Waals surface area (Å²) in [5.41, 5.74) is 6.46. The lowest BCUT2D eigenvalue weighted by molar-refractivity contribution is -0.745. The maximum Gasteiger partial charge on any atom is 0.488 e. The van der Waals surface area contributed by atoms with E-state index >= 15 is 0 Å². The Morgan fingerprint density at radius 3 is 2.77 bits per heavy atom. The molecule has 5 N–H and O–H groups in total. The molecule has 0 amide bonds. The van der Waals surface area contributed by atoms with Gasteiger partial charge in [-0.3, -0.25) is 14.3 Å². The molecule has 1 saturated heterocycles. The molecule has 158 valence electrons. The third-order valence-electron chi connectivity index (χ3n) is 4.84. The summed E-state index contributed by atoms with van der Waals surface area (Å²) in [5, 5.41) is 20.7. The van der Waals surface area contributed by atoms with Crippen LogP contribution in [0.4, 0.5) is 5.95 Å². The fraction of sp³-hybridized carbons (Fsp3) is 0.353. The Hall–Kier alpha value is -2.73. The van der Waals surface area contributed by atoms with E-state index in [9.17, 15) is 24.5 Å². The first-order valence-electron chi connectivity index (χ1n) is 8.97. The van der Waals surface area contributed by atoms with Crippen molar-refractivity contribution in [3.05, 3.63) is 52.6 Å². The van der Waals surface area contributed by atoms with Gasteiger partial charge < -0.3 is 25.6 Å². The van der Waals surface area contributed by atoms with E-state index in [0.717, 1.165) is 5.56 Å². The van der Waals surface area contributed by atoms with Crippen LogP contribution < -0.4 is 20.8 Å². The number of hydrogen-bond acceptors (Lipinski definition) is 9. The molecule has 1 fully saturated rings. The van der Waals surface area contributed by atoms with Crippen molar-refractivity contribution in [1.82, 2.24) is 14.5 Å². The molecule has 0 spiro atoms. The highest BCUT2D eigenvalue weighted by atomic mass is 31.1. The molecule has 2 aromatic heterocycles. The highest BCUT2D eigenvalue weighted by Crippen LogP contribution is 2.28. The van der Waals surface area contributed by atoms with Crippen LogP contribution in [0.15, 0.2) is 41.5 Å². The molecule has 3 heterocycles. The molecule has 0 radical (unpaired) electrons. The number of nitrogens with zero attached hydrogens (tertiary/aromatic N) is 3. The van der Waals surface area contributed by atoms with E-state index in [2.05, 4.69) is 14.5 Å². The number of aliphatic hydroxyl groups is 2. The Kier molecular flexibility index (Phi) is 5.60. The first kappa shape index (κ1) is 20.5. The van der Waals surface area contributed by atoms with Gasteiger partial charge >= 0.3 is 13.9 Å². The molecular weight excluding hydrogens is 417 g/mol. The van der Waals surface area contributed by atoms with Crippen molar-refractivity contribution in [2.75, 3.05) is 12.3 Å². The topological polar surface area (TPSA) is 180 Å². The summed E-state index contributed by atoms with van der Waals surface area (Å²) in [6, 6.07) is 9.37. The van der Waals surface area contributed by atoms with Gasteiger partial charge in [0.25, 0.3) is 11.5 Å². The van der Waals surface area contributed by atoms with Gasteiger partial charge in [-0.25, -0.2) is 4.57 Å². The summed E-state index contributed by atoms with van der Waals surface area (Å²) in [5.74, 6) is -0.130. The van der Waals surface area contributed by atoms with E-state index < -0.39 is 45.0 Å². The highest BCUT2D eigenvalue weighted by molar-refractivity contribution is 7.30. The smallest absolute Gasteiger partial charge is 0.488 e. The molecule has 30 heavy (non-hydrogen) atoms. The fourth-order valence-corrected chi connectivity index (χ4v) is 3.76. The van der Waals surface area contributed by atoms with Crippen LogP contribution in [-0.4, -0.2) is 49.7 Å². The number of hydrogen-bond donors (Lipinski definition) is 4. The number of imidazole rings is 1. The number of nitrogens with one attached hydrogen (secondary N) is 1. The van der Waals surface area contributed by atoms with Crippen LogP contribution in [0, 0.1) is 0 Å². The molecule has 12 nitrogen and oxygen atoms in total. The second-order valence-corrected chi connectivity index (χ2v) is 7.53. The molecule has 0 aliphatic carbocycles. The zero-order chi connectivity index (χ0) is 21.4. The van der Waals surface area contributed by atoms with Gasteiger partial charge in [-0.05, 0) is 10.1 Å². The number of anilines is 1. The van der Waals surface area contributed by atoms with Crippen LogP contribution in [0.25, 0.3) is 11.2 Å². The highest BCUT2D eigenvalue weighted by Gasteiger charge is 2.47. The Balaban J connectivity index is 1.75. The standard InChI is InChI=1S/C17H18N5O7P/c18-17-19-14-11(15(25)20-17)21(6-9-4-2-1-3-5-9)8-22(14)16-13(24)12(23)10(29-16)7-28-30(26)27/h1-5,8,10,12-13,16,23-24H,6-7H2,(H2-,18,19,20,25)/p+1/t10-,12-,13-,16-/m1/s1. The predicted molar refractivity (Wildman–Crippen MR) is 100.0 cm³/mol. The normalized spacial score (nSPS) is 24.4.